The number of amides is 1. The van der Waals surface area contributed by atoms with E-state index in [1.54, 1.807) is 50.4 Å². The summed E-state index contributed by atoms with van der Waals surface area (Å²) in [5, 5.41) is 2.80. The molecule has 1 amide bonds. The van der Waals surface area contributed by atoms with Gasteiger partial charge in [0.2, 0.25) is 5.91 Å². The first-order chi connectivity index (χ1) is 13.1. The summed E-state index contributed by atoms with van der Waals surface area (Å²) in [5.41, 5.74) is 2.15. The Kier molecular flexibility index (Phi) is 7.07. The lowest BCUT2D eigenvalue weighted by atomic mass is 10.2. The fourth-order valence-electron chi connectivity index (χ4n) is 2.94. The van der Waals surface area contributed by atoms with Crippen LogP contribution >= 0.6 is 0 Å². The molecule has 0 radical (unpaired) electrons. The zero-order chi connectivity index (χ0) is 20.9. The van der Waals surface area contributed by atoms with E-state index >= 15 is 0 Å². The third-order valence-electron chi connectivity index (χ3n) is 4.25. The Balaban J connectivity index is 2.42. The van der Waals surface area contributed by atoms with Gasteiger partial charge in [0.15, 0.2) is 0 Å². The number of benzene rings is 2. The van der Waals surface area contributed by atoms with E-state index in [0.717, 1.165) is 5.56 Å². The molecule has 0 aliphatic rings. The summed E-state index contributed by atoms with van der Waals surface area (Å²) < 4.78 is 33.3. The molecule has 0 fully saturated rings. The molecule has 0 heterocycles. The summed E-state index contributed by atoms with van der Waals surface area (Å²) in [6, 6.07) is 12.0. The number of methoxy groups -OCH3 is 1. The topological polar surface area (TPSA) is 75.7 Å². The maximum Gasteiger partial charge on any atom is 0.264 e. The molecule has 0 aliphatic carbocycles. The number of hydrogen-bond donors (Lipinski definition) is 1. The number of carbonyl (C=O) groups excluding carboxylic acids is 1. The number of sulfonamides is 1. The molecule has 0 atom stereocenters. The Bertz CT molecular complexity index is 922. The van der Waals surface area contributed by atoms with Gasteiger partial charge in [-0.15, -0.1) is 0 Å². The Labute approximate surface area is 167 Å². The highest BCUT2D eigenvalue weighted by Crippen LogP contribution is 2.28. The second kappa shape index (κ2) is 9.10. The smallest absolute Gasteiger partial charge is 0.264 e. The summed E-state index contributed by atoms with van der Waals surface area (Å²) in [4.78, 5) is 12.3. The molecule has 2 rings (SSSR count). The summed E-state index contributed by atoms with van der Waals surface area (Å²) in [7, 11) is -2.28. The molecule has 6 nitrogen and oxygen atoms in total. The van der Waals surface area contributed by atoms with Crippen molar-refractivity contribution in [1.29, 1.82) is 0 Å². The summed E-state index contributed by atoms with van der Waals surface area (Å²) in [6.45, 7) is 7.47. The van der Waals surface area contributed by atoms with Gasteiger partial charge in [-0.2, -0.15) is 0 Å². The molecule has 0 saturated carbocycles. The van der Waals surface area contributed by atoms with Gasteiger partial charge in [0.25, 0.3) is 10.0 Å². The summed E-state index contributed by atoms with van der Waals surface area (Å²) in [6.07, 6.45) is 0.0638. The van der Waals surface area contributed by atoms with E-state index in [1.807, 2.05) is 26.8 Å². The maximum absolute atomic E-state index is 13.4. The molecule has 2 aromatic carbocycles. The van der Waals surface area contributed by atoms with Crippen molar-refractivity contribution in [2.24, 2.45) is 0 Å². The number of nitrogens with zero attached hydrogens (tertiary/aromatic N) is 1. The fraction of sp³-hybridized carbons (Fsp3) is 0.381. The molecule has 0 spiro atoms. The minimum absolute atomic E-state index is 0.00196. The number of rotatable bonds is 8. The second-order valence-corrected chi connectivity index (χ2v) is 8.85. The van der Waals surface area contributed by atoms with Crippen LogP contribution in [-0.4, -0.2) is 34.0 Å². The third kappa shape index (κ3) is 5.25. The molecular formula is C21H28N2O4S. The predicted molar refractivity (Wildman–Crippen MR) is 111 cm³/mol. The van der Waals surface area contributed by atoms with E-state index in [0.29, 0.717) is 17.0 Å². The highest BCUT2D eigenvalue weighted by atomic mass is 32.2. The summed E-state index contributed by atoms with van der Waals surface area (Å²) in [5.74, 6) is 0.439. The minimum Gasteiger partial charge on any atom is -0.497 e. The van der Waals surface area contributed by atoms with Crippen molar-refractivity contribution < 1.29 is 17.9 Å². The monoisotopic (exact) mass is 404 g/mol. The van der Waals surface area contributed by atoms with Crippen molar-refractivity contribution in [2.75, 3.05) is 18.0 Å². The SMILES string of the molecule is COc1ccc(N(CCC(=O)NC(C)C)S(=O)(=O)c2ccc(C)cc2C)cc1. The lowest BCUT2D eigenvalue weighted by Gasteiger charge is -2.25. The molecule has 28 heavy (non-hydrogen) atoms. The van der Waals surface area contributed by atoms with Crippen molar-refractivity contribution in [3.63, 3.8) is 0 Å². The zero-order valence-corrected chi connectivity index (χ0v) is 17.8. The molecule has 1 N–H and O–H groups in total. The second-order valence-electron chi connectivity index (χ2n) is 7.02. The number of ether oxygens (including phenoxy) is 1. The largest absolute Gasteiger partial charge is 0.497 e. The van der Waals surface area contributed by atoms with Crippen LogP contribution in [0.1, 0.15) is 31.4 Å². The van der Waals surface area contributed by atoms with Gasteiger partial charge < -0.3 is 10.1 Å². The molecular weight excluding hydrogens is 376 g/mol. The Morgan fingerprint density at radius 3 is 2.29 bits per heavy atom. The molecule has 7 heteroatoms. The van der Waals surface area contributed by atoms with Crippen LogP contribution < -0.4 is 14.4 Å². The molecule has 0 aromatic heterocycles. The number of anilines is 1. The quantitative estimate of drug-likeness (QED) is 0.731. The first-order valence-electron chi connectivity index (χ1n) is 9.18. The van der Waals surface area contributed by atoms with Crippen LogP contribution in [-0.2, 0) is 14.8 Å². The van der Waals surface area contributed by atoms with Crippen LogP contribution in [0.25, 0.3) is 0 Å². The van der Waals surface area contributed by atoms with Crippen molar-refractivity contribution in [1.82, 2.24) is 5.32 Å². The first kappa shape index (κ1) is 21.8. The van der Waals surface area contributed by atoms with E-state index in [4.69, 9.17) is 4.74 Å². The minimum atomic E-state index is -3.83. The van der Waals surface area contributed by atoms with E-state index in [-0.39, 0.29) is 29.8 Å². The molecule has 0 bridgehead atoms. The number of carbonyl (C=O) groups is 1. The van der Waals surface area contributed by atoms with Crippen molar-refractivity contribution in [3.05, 3.63) is 53.6 Å². The lowest BCUT2D eigenvalue weighted by Crippen LogP contribution is -2.37. The van der Waals surface area contributed by atoms with Crippen LogP contribution in [0.15, 0.2) is 47.4 Å². The lowest BCUT2D eigenvalue weighted by molar-refractivity contribution is -0.121. The fourth-order valence-corrected chi connectivity index (χ4v) is 4.62. The molecule has 152 valence electrons. The highest BCUT2D eigenvalue weighted by Gasteiger charge is 2.27. The van der Waals surface area contributed by atoms with Crippen molar-refractivity contribution >= 4 is 21.6 Å². The van der Waals surface area contributed by atoms with Gasteiger partial charge in [-0.3, -0.25) is 9.10 Å². The zero-order valence-electron chi connectivity index (χ0n) is 17.0. The van der Waals surface area contributed by atoms with Gasteiger partial charge in [-0.25, -0.2) is 8.42 Å². The van der Waals surface area contributed by atoms with Gasteiger partial charge in [0.1, 0.15) is 5.75 Å². The molecule has 0 saturated heterocycles. The van der Waals surface area contributed by atoms with E-state index in [2.05, 4.69) is 5.32 Å². The van der Waals surface area contributed by atoms with Crippen LogP contribution in [0.5, 0.6) is 5.75 Å². The average Bonchev–Trinajstić information content (AvgIpc) is 2.61. The maximum atomic E-state index is 13.4. The van der Waals surface area contributed by atoms with E-state index in [1.165, 1.54) is 4.31 Å². The number of aryl methyl sites for hydroxylation is 2. The van der Waals surface area contributed by atoms with Gasteiger partial charge in [0, 0.05) is 19.0 Å². The third-order valence-corrected chi connectivity index (χ3v) is 6.24. The van der Waals surface area contributed by atoms with Gasteiger partial charge in [-0.1, -0.05) is 17.7 Å². The van der Waals surface area contributed by atoms with Crippen LogP contribution in [0.4, 0.5) is 5.69 Å². The normalized spacial score (nSPS) is 11.4. The van der Waals surface area contributed by atoms with Gasteiger partial charge in [0.05, 0.1) is 17.7 Å². The standard InChI is InChI=1S/C21H28N2O4S/c1-15(2)22-21(24)12-13-23(18-7-9-19(27-5)10-8-18)28(25,26)20-11-6-16(3)14-17(20)4/h6-11,14-15H,12-13H2,1-5H3,(H,22,24). The average molecular weight is 405 g/mol. The Hall–Kier alpha value is -2.54. The van der Waals surface area contributed by atoms with Gasteiger partial charge in [-0.05, 0) is 63.6 Å². The number of hydrogen-bond acceptors (Lipinski definition) is 4. The number of nitrogens with one attached hydrogen (secondary N) is 1. The van der Waals surface area contributed by atoms with Crippen LogP contribution in [0, 0.1) is 13.8 Å². The summed E-state index contributed by atoms with van der Waals surface area (Å²) >= 11 is 0. The van der Waals surface area contributed by atoms with Crippen molar-refractivity contribution in [2.45, 2.75) is 45.1 Å². The molecule has 2 aromatic rings. The van der Waals surface area contributed by atoms with Crippen molar-refractivity contribution in [3.8, 4) is 5.75 Å². The Morgan fingerprint density at radius 1 is 1.11 bits per heavy atom. The predicted octanol–water partition coefficient (Wildman–Crippen LogP) is 3.42. The highest BCUT2D eigenvalue weighted by molar-refractivity contribution is 7.92. The van der Waals surface area contributed by atoms with E-state index in [9.17, 15) is 13.2 Å². The van der Waals surface area contributed by atoms with Crippen LogP contribution in [0.2, 0.25) is 0 Å². The Morgan fingerprint density at radius 2 is 1.75 bits per heavy atom. The van der Waals surface area contributed by atoms with Gasteiger partial charge >= 0.3 is 0 Å². The molecule has 0 aliphatic heterocycles. The van der Waals surface area contributed by atoms with Crippen LogP contribution in [0.3, 0.4) is 0 Å². The van der Waals surface area contributed by atoms with E-state index < -0.39 is 10.0 Å². The first-order valence-corrected chi connectivity index (χ1v) is 10.6. The molecule has 0 unspecified atom stereocenters.